The maximum Gasteiger partial charge on any atom is 0.416 e. The van der Waals surface area contributed by atoms with Crippen molar-refractivity contribution < 1.29 is 26.4 Å². The Kier molecular flexibility index (Phi) is 6.35. The molecule has 162 valence electrons. The van der Waals surface area contributed by atoms with Gasteiger partial charge in [0, 0.05) is 11.3 Å². The number of hydrogen-bond donors (Lipinski definition) is 1. The van der Waals surface area contributed by atoms with E-state index >= 15 is 0 Å². The molecule has 0 atom stereocenters. The molecule has 0 aliphatic carbocycles. The number of anilines is 2. The Labute approximate surface area is 178 Å². The molecule has 0 unspecified atom stereocenters. The number of halogens is 3. The minimum absolute atomic E-state index is 0.0243. The molecule has 0 heterocycles. The normalized spacial score (nSPS) is 11.7. The number of alkyl halides is 3. The van der Waals surface area contributed by atoms with Crippen molar-refractivity contribution >= 4 is 27.3 Å². The highest BCUT2D eigenvalue weighted by Gasteiger charge is 2.30. The summed E-state index contributed by atoms with van der Waals surface area (Å²) >= 11 is 0. The van der Waals surface area contributed by atoms with E-state index in [1.165, 1.54) is 28.6 Å². The molecular formula is C22H19F3N2O3S. The Morgan fingerprint density at radius 3 is 2.16 bits per heavy atom. The maximum absolute atomic E-state index is 12.8. The lowest BCUT2D eigenvalue weighted by atomic mass is 10.1. The summed E-state index contributed by atoms with van der Waals surface area (Å²) in [5.41, 5.74) is 0.548. The molecule has 1 amide bonds. The quantitative estimate of drug-likeness (QED) is 0.582. The largest absolute Gasteiger partial charge is 0.416 e. The highest BCUT2D eigenvalue weighted by atomic mass is 32.2. The van der Waals surface area contributed by atoms with Crippen LogP contribution in [0.25, 0.3) is 0 Å². The van der Waals surface area contributed by atoms with Gasteiger partial charge in [0.25, 0.3) is 5.91 Å². The van der Waals surface area contributed by atoms with Gasteiger partial charge in [-0.15, -0.1) is 0 Å². The summed E-state index contributed by atoms with van der Waals surface area (Å²) in [7, 11) is -3.54. The van der Waals surface area contributed by atoms with Gasteiger partial charge in [0.1, 0.15) is 0 Å². The number of nitrogens with one attached hydrogen (secondary N) is 1. The van der Waals surface area contributed by atoms with Gasteiger partial charge in [0.15, 0.2) is 0 Å². The lowest BCUT2D eigenvalue weighted by Crippen LogP contribution is -2.29. The van der Waals surface area contributed by atoms with Crippen LogP contribution in [0.5, 0.6) is 0 Å². The molecule has 9 heteroatoms. The third kappa shape index (κ3) is 5.85. The molecule has 0 saturated carbocycles. The van der Waals surface area contributed by atoms with Crippen LogP contribution in [-0.4, -0.2) is 20.6 Å². The Morgan fingerprint density at radius 1 is 0.935 bits per heavy atom. The van der Waals surface area contributed by atoms with E-state index in [0.29, 0.717) is 11.3 Å². The molecule has 3 aromatic rings. The van der Waals surface area contributed by atoms with Gasteiger partial charge in [-0.05, 0) is 48.0 Å². The number of sulfonamides is 1. The van der Waals surface area contributed by atoms with Gasteiger partial charge < -0.3 is 5.32 Å². The molecule has 0 radical (unpaired) electrons. The summed E-state index contributed by atoms with van der Waals surface area (Å²) in [5, 5.41) is 2.44. The van der Waals surface area contributed by atoms with E-state index in [2.05, 4.69) is 5.32 Å². The van der Waals surface area contributed by atoms with Gasteiger partial charge in [-0.2, -0.15) is 13.2 Å². The molecule has 5 nitrogen and oxygen atoms in total. The van der Waals surface area contributed by atoms with Crippen LogP contribution < -0.4 is 9.62 Å². The number of carbonyl (C=O) groups excluding carboxylic acids is 1. The summed E-state index contributed by atoms with van der Waals surface area (Å²) in [6, 6.07) is 19.1. The topological polar surface area (TPSA) is 66.5 Å². The molecule has 31 heavy (non-hydrogen) atoms. The second-order valence-corrected chi connectivity index (χ2v) is 8.74. The molecular weight excluding hydrogens is 429 g/mol. The van der Waals surface area contributed by atoms with Crippen LogP contribution in [0.1, 0.15) is 21.5 Å². The first-order valence-electron chi connectivity index (χ1n) is 9.14. The van der Waals surface area contributed by atoms with E-state index in [1.807, 2.05) is 0 Å². The Bertz CT molecular complexity index is 1160. The third-order valence-corrected chi connectivity index (χ3v) is 5.58. The highest BCUT2D eigenvalue weighted by molar-refractivity contribution is 7.92. The lowest BCUT2D eigenvalue weighted by Gasteiger charge is -2.22. The molecule has 0 spiro atoms. The van der Waals surface area contributed by atoms with E-state index in [9.17, 15) is 26.4 Å². The summed E-state index contributed by atoms with van der Waals surface area (Å²) in [6.07, 6.45) is -3.40. The monoisotopic (exact) mass is 448 g/mol. The first kappa shape index (κ1) is 22.4. The van der Waals surface area contributed by atoms with E-state index in [4.69, 9.17) is 0 Å². The highest BCUT2D eigenvalue weighted by Crippen LogP contribution is 2.30. The van der Waals surface area contributed by atoms with E-state index in [-0.39, 0.29) is 17.8 Å². The van der Waals surface area contributed by atoms with Crippen LogP contribution in [0.2, 0.25) is 0 Å². The van der Waals surface area contributed by atoms with Gasteiger partial charge in [-0.3, -0.25) is 9.10 Å². The van der Waals surface area contributed by atoms with Gasteiger partial charge in [0.2, 0.25) is 10.0 Å². The number of para-hydroxylation sites is 1. The van der Waals surface area contributed by atoms with Crippen molar-refractivity contribution in [3.63, 3.8) is 0 Å². The number of nitrogens with zero attached hydrogens (tertiary/aromatic N) is 1. The number of rotatable bonds is 6. The molecule has 3 rings (SSSR count). The Balaban J connectivity index is 1.74. The second kappa shape index (κ2) is 8.81. The molecule has 0 aliphatic rings. The average Bonchev–Trinajstić information content (AvgIpc) is 2.72. The third-order valence-electron chi connectivity index (χ3n) is 4.43. The second-order valence-electron chi connectivity index (χ2n) is 6.83. The Morgan fingerprint density at radius 2 is 1.58 bits per heavy atom. The summed E-state index contributed by atoms with van der Waals surface area (Å²) in [5.74, 6) is -0.575. The molecule has 0 aromatic heterocycles. The zero-order chi connectivity index (χ0) is 22.6. The minimum Gasteiger partial charge on any atom is -0.322 e. The predicted molar refractivity (Wildman–Crippen MR) is 113 cm³/mol. The minimum atomic E-state index is -4.51. The predicted octanol–water partition coefficient (Wildman–Crippen LogP) is 4.92. The van der Waals surface area contributed by atoms with Gasteiger partial charge >= 0.3 is 6.18 Å². The first-order chi connectivity index (χ1) is 14.5. The molecule has 0 saturated heterocycles. The zero-order valence-electron chi connectivity index (χ0n) is 16.4. The van der Waals surface area contributed by atoms with Gasteiger partial charge in [0.05, 0.1) is 24.1 Å². The Hall–Kier alpha value is -3.33. The standard InChI is InChI=1S/C22H19F3N2O3S/c1-31(29,30)27(20-8-3-2-4-9-20)15-16-10-12-17(13-11-16)21(28)26-19-7-5-6-18(14-19)22(23,24)25/h2-14H,15H2,1H3,(H,26,28). The van der Waals surface area contributed by atoms with E-state index in [0.717, 1.165) is 18.4 Å². The van der Waals surface area contributed by atoms with Crippen molar-refractivity contribution in [3.8, 4) is 0 Å². The van der Waals surface area contributed by atoms with Crippen molar-refractivity contribution in [2.24, 2.45) is 0 Å². The summed E-state index contributed by atoms with van der Waals surface area (Å²) < 4.78 is 64.1. The van der Waals surface area contributed by atoms with Gasteiger partial charge in [-0.25, -0.2) is 8.42 Å². The number of benzene rings is 3. The summed E-state index contributed by atoms with van der Waals surface area (Å²) in [4.78, 5) is 12.4. The zero-order valence-corrected chi connectivity index (χ0v) is 17.2. The molecule has 0 aliphatic heterocycles. The van der Waals surface area contributed by atoms with Crippen molar-refractivity contribution in [1.82, 2.24) is 0 Å². The van der Waals surface area contributed by atoms with Gasteiger partial charge in [-0.1, -0.05) is 36.4 Å². The molecule has 1 N–H and O–H groups in total. The lowest BCUT2D eigenvalue weighted by molar-refractivity contribution is -0.137. The number of hydrogen-bond acceptors (Lipinski definition) is 3. The smallest absolute Gasteiger partial charge is 0.322 e. The number of carbonyl (C=O) groups is 1. The maximum atomic E-state index is 12.8. The van der Waals surface area contributed by atoms with Crippen molar-refractivity contribution in [3.05, 3.63) is 95.6 Å². The molecule has 0 bridgehead atoms. The number of amides is 1. The van der Waals surface area contributed by atoms with Crippen LogP contribution in [-0.2, 0) is 22.7 Å². The average molecular weight is 448 g/mol. The molecule has 0 fully saturated rings. The van der Waals surface area contributed by atoms with Crippen molar-refractivity contribution in [1.29, 1.82) is 0 Å². The van der Waals surface area contributed by atoms with Crippen LogP contribution in [0.4, 0.5) is 24.5 Å². The van der Waals surface area contributed by atoms with E-state index in [1.54, 1.807) is 42.5 Å². The summed E-state index contributed by atoms with van der Waals surface area (Å²) in [6.45, 7) is 0.0678. The van der Waals surface area contributed by atoms with Crippen LogP contribution in [0.3, 0.4) is 0 Å². The van der Waals surface area contributed by atoms with E-state index < -0.39 is 27.7 Å². The fourth-order valence-electron chi connectivity index (χ4n) is 2.90. The SMILES string of the molecule is CS(=O)(=O)N(Cc1ccc(C(=O)Nc2cccc(C(F)(F)F)c2)cc1)c1ccccc1. The fraction of sp³-hybridized carbons (Fsp3) is 0.136. The van der Waals surface area contributed by atoms with Crippen LogP contribution >= 0.6 is 0 Å². The van der Waals surface area contributed by atoms with Crippen LogP contribution in [0.15, 0.2) is 78.9 Å². The molecule has 3 aromatic carbocycles. The van der Waals surface area contributed by atoms with Crippen LogP contribution in [0, 0.1) is 0 Å². The first-order valence-corrected chi connectivity index (χ1v) is 11.0. The van der Waals surface area contributed by atoms with Crippen molar-refractivity contribution in [2.45, 2.75) is 12.7 Å². The van der Waals surface area contributed by atoms with Crippen molar-refractivity contribution in [2.75, 3.05) is 15.9 Å². The fourth-order valence-corrected chi connectivity index (χ4v) is 3.79.